The third-order valence-electron chi connectivity index (χ3n) is 6.25. The van der Waals surface area contributed by atoms with Gasteiger partial charge in [-0.05, 0) is 78.4 Å². The third-order valence-corrected chi connectivity index (χ3v) is 6.95. The molecule has 4 nitrogen and oxygen atoms in total. The average molecular weight is 501 g/mol. The maximum atomic E-state index is 13.6. The van der Waals surface area contributed by atoms with E-state index < -0.39 is 12.1 Å². The molecule has 0 fully saturated rings. The van der Waals surface area contributed by atoms with Gasteiger partial charge in [0.25, 0.3) is 0 Å². The average Bonchev–Trinajstić information content (AvgIpc) is 2.84. The molecule has 0 radical (unpaired) electrons. The summed E-state index contributed by atoms with van der Waals surface area (Å²) in [6.45, 7) is 1.19. The minimum atomic E-state index is -0.488. The first-order valence-corrected chi connectivity index (χ1v) is 12.1. The monoisotopic (exact) mass is 500 g/mol. The van der Waals surface area contributed by atoms with E-state index in [1.807, 2.05) is 47.4 Å². The van der Waals surface area contributed by atoms with Crippen LogP contribution >= 0.6 is 23.2 Å². The number of ether oxygens (including phenoxy) is 1. The Morgan fingerprint density at radius 1 is 1.09 bits per heavy atom. The SMILES string of the molecule is NC(C(C=O)Cc1ccc(OCCc2c(Cl)cccc2Cl)cc1)N1CCCc2cc(F)ccc21. The molecule has 34 heavy (non-hydrogen) atoms. The zero-order chi connectivity index (χ0) is 24.1. The minimum Gasteiger partial charge on any atom is -0.493 e. The fraction of sp³-hybridized carbons (Fsp3) is 0.296. The maximum absolute atomic E-state index is 13.6. The van der Waals surface area contributed by atoms with Crippen LogP contribution in [-0.2, 0) is 24.1 Å². The summed E-state index contributed by atoms with van der Waals surface area (Å²) in [6.07, 6.45) is 3.22. The first-order chi connectivity index (χ1) is 16.5. The lowest BCUT2D eigenvalue weighted by Crippen LogP contribution is -2.50. The second-order valence-corrected chi connectivity index (χ2v) is 9.32. The van der Waals surface area contributed by atoms with Gasteiger partial charge in [0.05, 0.1) is 18.7 Å². The van der Waals surface area contributed by atoms with Gasteiger partial charge in [0.2, 0.25) is 0 Å². The van der Waals surface area contributed by atoms with Crippen LogP contribution in [0.1, 0.15) is 23.1 Å². The molecule has 0 aliphatic carbocycles. The molecule has 0 aromatic heterocycles. The van der Waals surface area contributed by atoms with Gasteiger partial charge in [-0.3, -0.25) is 0 Å². The summed E-state index contributed by atoms with van der Waals surface area (Å²) in [5.74, 6) is 0.0781. The summed E-state index contributed by atoms with van der Waals surface area (Å²) >= 11 is 12.4. The van der Waals surface area contributed by atoms with Gasteiger partial charge in [0, 0.05) is 28.7 Å². The molecule has 0 amide bonds. The van der Waals surface area contributed by atoms with E-state index in [2.05, 4.69) is 0 Å². The van der Waals surface area contributed by atoms with Crippen molar-refractivity contribution < 1.29 is 13.9 Å². The minimum absolute atomic E-state index is 0.251. The number of nitrogens with zero attached hydrogens (tertiary/aromatic N) is 1. The number of hydrogen-bond acceptors (Lipinski definition) is 4. The Labute approximate surface area is 209 Å². The van der Waals surface area contributed by atoms with Crippen LogP contribution in [0.5, 0.6) is 5.75 Å². The third kappa shape index (κ3) is 5.72. The van der Waals surface area contributed by atoms with Crippen molar-refractivity contribution in [1.82, 2.24) is 0 Å². The highest BCUT2D eigenvalue weighted by molar-refractivity contribution is 6.35. The van der Waals surface area contributed by atoms with Crippen LogP contribution in [0.4, 0.5) is 10.1 Å². The van der Waals surface area contributed by atoms with Crippen LogP contribution in [0.2, 0.25) is 10.0 Å². The molecule has 2 unspecified atom stereocenters. The number of anilines is 1. The number of carbonyl (C=O) groups excluding carboxylic acids is 1. The van der Waals surface area contributed by atoms with Crippen molar-refractivity contribution in [1.29, 1.82) is 0 Å². The Kier molecular flexibility index (Phi) is 8.09. The Hall–Kier alpha value is -2.60. The molecule has 1 aliphatic heterocycles. The molecule has 0 spiro atoms. The number of rotatable bonds is 9. The predicted octanol–water partition coefficient (Wildman–Crippen LogP) is 5.85. The number of aryl methyl sites for hydroxylation is 1. The molecule has 1 aliphatic rings. The largest absolute Gasteiger partial charge is 0.493 e. The van der Waals surface area contributed by atoms with E-state index in [-0.39, 0.29) is 5.82 Å². The lowest BCUT2D eigenvalue weighted by molar-refractivity contribution is -0.111. The molecule has 0 saturated carbocycles. The van der Waals surface area contributed by atoms with Crippen molar-refractivity contribution in [3.63, 3.8) is 0 Å². The molecule has 178 valence electrons. The number of aldehydes is 1. The standard InChI is InChI=1S/C27H27Cl2FN2O2/c28-24-4-1-5-25(29)23(24)12-14-34-22-9-6-18(7-10-22)15-20(17-33)27(31)32-13-2-3-19-16-21(30)8-11-26(19)32/h1,4-11,16-17,20,27H,2-3,12-15,31H2. The van der Waals surface area contributed by atoms with E-state index in [9.17, 15) is 9.18 Å². The second-order valence-electron chi connectivity index (χ2n) is 8.51. The fourth-order valence-corrected chi connectivity index (χ4v) is 5.01. The summed E-state index contributed by atoms with van der Waals surface area (Å²) in [5, 5.41) is 1.26. The number of carbonyl (C=O) groups is 1. The van der Waals surface area contributed by atoms with E-state index in [4.69, 9.17) is 33.7 Å². The smallest absolute Gasteiger partial charge is 0.126 e. The quantitative estimate of drug-likeness (QED) is 0.374. The molecule has 4 rings (SSSR count). The van der Waals surface area contributed by atoms with Crippen LogP contribution in [-0.4, -0.2) is 25.6 Å². The maximum Gasteiger partial charge on any atom is 0.126 e. The molecular weight excluding hydrogens is 474 g/mol. The first-order valence-electron chi connectivity index (χ1n) is 11.4. The van der Waals surface area contributed by atoms with Gasteiger partial charge in [0.15, 0.2) is 0 Å². The number of benzene rings is 3. The molecule has 3 aromatic rings. The van der Waals surface area contributed by atoms with Gasteiger partial charge in [-0.25, -0.2) is 4.39 Å². The summed E-state index contributed by atoms with van der Waals surface area (Å²) in [6, 6.07) is 17.9. The molecular formula is C27H27Cl2FN2O2. The van der Waals surface area contributed by atoms with Crippen LogP contribution < -0.4 is 15.4 Å². The molecule has 2 atom stereocenters. The summed E-state index contributed by atoms with van der Waals surface area (Å²) in [7, 11) is 0. The zero-order valence-corrected chi connectivity index (χ0v) is 20.2. The van der Waals surface area contributed by atoms with Gasteiger partial charge in [-0.15, -0.1) is 0 Å². The Morgan fingerprint density at radius 3 is 2.53 bits per heavy atom. The Morgan fingerprint density at radius 2 is 1.82 bits per heavy atom. The van der Waals surface area contributed by atoms with E-state index >= 15 is 0 Å². The summed E-state index contributed by atoms with van der Waals surface area (Å²) in [4.78, 5) is 14.0. The number of hydrogen-bond donors (Lipinski definition) is 1. The second kappa shape index (κ2) is 11.2. The number of halogens is 3. The van der Waals surface area contributed by atoms with Crippen LogP contribution in [0.25, 0.3) is 0 Å². The lowest BCUT2D eigenvalue weighted by Gasteiger charge is -2.38. The Bertz CT molecular complexity index is 1120. The van der Waals surface area contributed by atoms with Crippen molar-refractivity contribution in [3.05, 3.63) is 93.2 Å². The molecule has 2 N–H and O–H groups in total. The van der Waals surface area contributed by atoms with Crippen LogP contribution in [0.15, 0.2) is 60.7 Å². The first kappa shape index (κ1) is 24.5. The van der Waals surface area contributed by atoms with Gasteiger partial charge in [-0.1, -0.05) is 41.4 Å². The topological polar surface area (TPSA) is 55.6 Å². The summed E-state index contributed by atoms with van der Waals surface area (Å²) < 4.78 is 19.5. The van der Waals surface area contributed by atoms with Gasteiger partial charge in [-0.2, -0.15) is 0 Å². The van der Waals surface area contributed by atoms with Gasteiger partial charge >= 0.3 is 0 Å². The molecule has 1 heterocycles. The molecule has 3 aromatic carbocycles. The zero-order valence-electron chi connectivity index (χ0n) is 18.7. The van der Waals surface area contributed by atoms with Gasteiger partial charge < -0.3 is 20.2 Å². The number of nitrogens with two attached hydrogens (primary N) is 1. The van der Waals surface area contributed by atoms with Crippen molar-refractivity contribution in [2.24, 2.45) is 11.7 Å². The van der Waals surface area contributed by atoms with E-state index in [1.54, 1.807) is 12.1 Å². The molecule has 0 saturated heterocycles. The van der Waals surface area contributed by atoms with Crippen LogP contribution in [0, 0.1) is 11.7 Å². The predicted molar refractivity (Wildman–Crippen MR) is 135 cm³/mol. The number of fused-ring (bicyclic) bond motifs is 1. The highest BCUT2D eigenvalue weighted by atomic mass is 35.5. The lowest BCUT2D eigenvalue weighted by atomic mass is 9.94. The highest BCUT2D eigenvalue weighted by Crippen LogP contribution is 2.30. The van der Waals surface area contributed by atoms with E-state index in [0.29, 0.717) is 29.5 Å². The van der Waals surface area contributed by atoms with E-state index in [1.165, 1.54) is 6.07 Å². The van der Waals surface area contributed by atoms with E-state index in [0.717, 1.165) is 53.8 Å². The van der Waals surface area contributed by atoms with Gasteiger partial charge in [0.1, 0.15) is 17.9 Å². The van der Waals surface area contributed by atoms with Crippen molar-refractivity contribution >= 4 is 35.2 Å². The Balaban J connectivity index is 1.36. The van der Waals surface area contributed by atoms with Crippen molar-refractivity contribution in [2.75, 3.05) is 18.1 Å². The molecule has 7 heteroatoms. The summed E-state index contributed by atoms with van der Waals surface area (Å²) in [5.41, 5.74) is 10.2. The normalized spacial score (nSPS) is 14.9. The fourth-order valence-electron chi connectivity index (χ4n) is 4.42. The van der Waals surface area contributed by atoms with Crippen molar-refractivity contribution in [2.45, 2.75) is 31.8 Å². The molecule has 0 bridgehead atoms. The highest BCUT2D eigenvalue weighted by Gasteiger charge is 2.28. The van der Waals surface area contributed by atoms with Crippen LogP contribution in [0.3, 0.4) is 0 Å². The van der Waals surface area contributed by atoms with Crippen molar-refractivity contribution in [3.8, 4) is 5.75 Å².